The number of amides is 1. The molecule has 2 aromatic rings. The van der Waals surface area contributed by atoms with E-state index in [9.17, 15) is 4.79 Å². The molecule has 1 saturated heterocycles. The van der Waals surface area contributed by atoms with Gasteiger partial charge < -0.3 is 9.42 Å². The second-order valence-corrected chi connectivity index (χ2v) is 6.00. The molecule has 1 amide bonds. The summed E-state index contributed by atoms with van der Waals surface area (Å²) in [5.74, 6) is 0.692. The van der Waals surface area contributed by atoms with Crippen molar-refractivity contribution < 1.29 is 9.32 Å². The van der Waals surface area contributed by atoms with Crippen LogP contribution in [0.5, 0.6) is 0 Å². The molecule has 0 spiro atoms. The summed E-state index contributed by atoms with van der Waals surface area (Å²) in [5.41, 5.74) is 1.84. The molecule has 0 radical (unpaired) electrons. The normalized spacial score (nSPS) is 20.1. The Bertz CT molecular complexity index is 654. The van der Waals surface area contributed by atoms with Crippen LogP contribution < -0.4 is 0 Å². The highest BCUT2D eigenvalue weighted by Gasteiger charge is 2.34. The molecular formula is C16H19N3O2. The fraction of sp³-hybridized carbons (Fsp3) is 0.500. The van der Waals surface area contributed by atoms with Crippen molar-refractivity contribution in [3.05, 3.63) is 30.0 Å². The van der Waals surface area contributed by atoms with Gasteiger partial charge in [0.15, 0.2) is 5.58 Å². The minimum atomic E-state index is 0.330. The molecule has 21 heavy (non-hydrogen) atoms. The van der Waals surface area contributed by atoms with E-state index in [4.69, 9.17) is 4.52 Å². The molecule has 1 aliphatic heterocycles. The number of para-hydroxylation sites is 1. The van der Waals surface area contributed by atoms with Gasteiger partial charge in [-0.2, -0.15) is 0 Å². The quantitative estimate of drug-likeness (QED) is 0.864. The van der Waals surface area contributed by atoms with Gasteiger partial charge >= 0.3 is 0 Å². The predicted octanol–water partition coefficient (Wildman–Crippen LogP) is 1.88. The molecule has 1 aromatic carbocycles. The number of piperazine rings is 1. The molecule has 0 bridgehead atoms. The van der Waals surface area contributed by atoms with Gasteiger partial charge in [-0.05, 0) is 25.0 Å². The monoisotopic (exact) mass is 285 g/mol. The zero-order chi connectivity index (χ0) is 14.2. The highest BCUT2D eigenvalue weighted by atomic mass is 16.5. The number of benzene rings is 1. The first-order valence-electron chi connectivity index (χ1n) is 7.66. The summed E-state index contributed by atoms with van der Waals surface area (Å²) >= 11 is 0. The van der Waals surface area contributed by atoms with Crippen LogP contribution in [-0.4, -0.2) is 47.0 Å². The first kappa shape index (κ1) is 12.8. The Balaban J connectivity index is 1.39. The van der Waals surface area contributed by atoms with Crippen molar-refractivity contribution in [1.29, 1.82) is 0 Å². The van der Waals surface area contributed by atoms with Crippen molar-refractivity contribution in [2.75, 3.05) is 26.2 Å². The number of hydrogen-bond donors (Lipinski definition) is 0. The van der Waals surface area contributed by atoms with E-state index in [0.717, 1.165) is 62.2 Å². The van der Waals surface area contributed by atoms with E-state index >= 15 is 0 Å². The van der Waals surface area contributed by atoms with Gasteiger partial charge in [0, 0.05) is 44.0 Å². The highest BCUT2D eigenvalue weighted by Crippen LogP contribution is 2.31. The summed E-state index contributed by atoms with van der Waals surface area (Å²) in [5, 5.41) is 5.28. The lowest BCUT2D eigenvalue weighted by Crippen LogP contribution is -2.48. The lowest BCUT2D eigenvalue weighted by molar-refractivity contribution is -0.134. The molecule has 110 valence electrons. The molecule has 1 saturated carbocycles. The van der Waals surface area contributed by atoms with E-state index in [1.54, 1.807) is 0 Å². The van der Waals surface area contributed by atoms with Gasteiger partial charge in [0.1, 0.15) is 5.69 Å². The number of hydrogen-bond acceptors (Lipinski definition) is 4. The van der Waals surface area contributed by atoms with Gasteiger partial charge in [0.25, 0.3) is 0 Å². The van der Waals surface area contributed by atoms with Crippen LogP contribution in [0, 0.1) is 5.92 Å². The van der Waals surface area contributed by atoms with Gasteiger partial charge in [-0.3, -0.25) is 9.69 Å². The van der Waals surface area contributed by atoms with E-state index in [1.807, 2.05) is 29.2 Å². The smallest absolute Gasteiger partial charge is 0.225 e. The van der Waals surface area contributed by atoms with Crippen molar-refractivity contribution in [3.63, 3.8) is 0 Å². The lowest BCUT2D eigenvalue weighted by Gasteiger charge is -2.34. The average molecular weight is 285 g/mol. The van der Waals surface area contributed by atoms with E-state index < -0.39 is 0 Å². The minimum absolute atomic E-state index is 0.330. The topological polar surface area (TPSA) is 49.6 Å². The first-order valence-corrected chi connectivity index (χ1v) is 7.66. The molecule has 4 rings (SSSR count). The third kappa shape index (κ3) is 2.53. The van der Waals surface area contributed by atoms with Crippen molar-refractivity contribution in [1.82, 2.24) is 15.0 Å². The van der Waals surface area contributed by atoms with Crippen LogP contribution in [0.2, 0.25) is 0 Å². The third-order valence-corrected chi connectivity index (χ3v) is 4.44. The summed E-state index contributed by atoms with van der Waals surface area (Å²) in [7, 11) is 0. The molecule has 5 heteroatoms. The van der Waals surface area contributed by atoms with Crippen LogP contribution in [0.25, 0.3) is 11.0 Å². The second kappa shape index (κ2) is 5.15. The van der Waals surface area contributed by atoms with E-state index in [1.165, 1.54) is 0 Å². The summed E-state index contributed by atoms with van der Waals surface area (Å²) in [6.45, 7) is 4.30. The fourth-order valence-electron chi connectivity index (χ4n) is 2.98. The van der Waals surface area contributed by atoms with Crippen LogP contribution in [0.15, 0.2) is 28.8 Å². The Morgan fingerprint density at radius 3 is 2.71 bits per heavy atom. The van der Waals surface area contributed by atoms with Crippen molar-refractivity contribution in [2.45, 2.75) is 19.4 Å². The van der Waals surface area contributed by atoms with Crippen LogP contribution >= 0.6 is 0 Å². The standard InChI is InChI=1S/C16H19N3O2/c20-16(12-5-6-12)19-9-7-18(8-10-19)11-14-13-3-1-2-4-15(13)21-17-14/h1-4,12H,5-11H2. The van der Waals surface area contributed by atoms with E-state index in [2.05, 4.69) is 10.1 Å². The van der Waals surface area contributed by atoms with Crippen LogP contribution in [0.1, 0.15) is 18.5 Å². The Hall–Kier alpha value is -1.88. The van der Waals surface area contributed by atoms with E-state index in [0.29, 0.717) is 11.8 Å². The molecule has 5 nitrogen and oxygen atoms in total. The third-order valence-electron chi connectivity index (χ3n) is 4.44. The molecule has 0 N–H and O–H groups in total. The van der Waals surface area contributed by atoms with Crippen LogP contribution in [0.4, 0.5) is 0 Å². The fourth-order valence-corrected chi connectivity index (χ4v) is 2.98. The molecule has 1 aliphatic carbocycles. The Morgan fingerprint density at radius 2 is 1.95 bits per heavy atom. The summed E-state index contributed by atoms with van der Waals surface area (Å²) in [6.07, 6.45) is 2.17. The Kier molecular flexibility index (Phi) is 3.15. The maximum atomic E-state index is 12.0. The maximum Gasteiger partial charge on any atom is 0.225 e. The second-order valence-electron chi connectivity index (χ2n) is 6.00. The number of carbonyl (C=O) groups excluding carboxylic acids is 1. The Morgan fingerprint density at radius 1 is 1.19 bits per heavy atom. The average Bonchev–Trinajstić information content (AvgIpc) is 3.30. The van der Waals surface area contributed by atoms with Crippen molar-refractivity contribution in [3.8, 4) is 0 Å². The molecule has 2 aliphatic rings. The molecule has 0 unspecified atom stereocenters. The zero-order valence-corrected chi connectivity index (χ0v) is 12.0. The predicted molar refractivity (Wildman–Crippen MR) is 78.6 cm³/mol. The summed E-state index contributed by atoms with van der Waals surface area (Å²) in [6, 6.07) is 7.96. The number of carbonyl (C=O) groups is 1. The SMILES string of the molecule is O=C(C1CC1)N1CCN(Cc2noc3ccccc23)CC1. The van der Waals surface area contributed by atoms with Crippen LogP contribution in [-0.2, 0) is 11.3 Å². The molecule has 2 heterocycles. The van der Waals surface area contributed by atoms with Crippen molar-refractivity contribution in [2.24, 2.45) is 5.92 Å². The highest BCUT2D eigenvalue weighted by molar-refractivity contribution is 5.81. The Labute approximate surface area is 123 Å². The number of fused-ring (bicyclic) bond motifs is 1. The first-order chi connectivity index (χ1) is 10.3. The van der Waals surface area contributed by atoms with Gasteiger partial charge in [-0.1, -0.05) is 17.3 Å². The molecule has 2 fully saturated rings. The number of aromatic nitrogens is 1. The largest absolute Gasteiger partial charge is 0.356 e. The number of rotatable bonds is 3. The molecular weight excluding hydrogens is 266 g/mol. The molecule has 0 atom stereocenters. The molecule has 1 aromatic heterocycles. The summed E-state index contributed by atoms with van der Waals surface area (Å²) < 4.78 is 5.35. The lowest BCUT2D eigenvalue weighted by atomic mass is 10.2. The maximum absolute atomic E-state index is 12.0. The van der Waals surface area contributed by atoms with Gasteiger partial charge in [-0.25, -0.2) is 0 Å². The summed E-state index contributed by atoms with van der Waals surface area (Å²) in [4.78, 5) is 16.4. The van der Waals surface area contributed by atoms with Crippen LogP contribution in [0.3, 0.4) is 0 Å². The number of nitrogens with zero attached hydrogens (tertiary/aromatic N) is 3. The van der Waals surface area contributed by atoms with E-state index in [-0.39, 0.29) is 0 Å². The zero-order valence-electron chi connectivity index (χ0n) is 12.0. The van der Waals surface area contributed by atoms with Crippen molar-refractivity contribution >= 4 is 16.9 Å². The van der Waals surface area contributed by atoms with Gasteiger partial charge in [0.2, 0.25) is 5.91 Å². The van der Waals surface area contributed by atoms with Gasteiger partial charge in [-0.15, -0.1) is 0 Å². The minimum Gasteiger partial charge on any atom is -0.356 e. The van der Waals surface area contributed by atoms with Gasteiger partial charge in [0.05, 0.1) is 0 Å².